The summed E-state index contributed by atoms with van der Waals surface area (Å²) >= 11 is 0. The summed E-state index contributed by atoms with van der Waals surface area (Å²) in [4.78, 5) is 0. The van der Waals surface area contributed by atoms with Gasteiger partial charge in [0, 0.05) is 32.9 Å². The SMILES string of the molecule is COCCNCc1ccccc1OCC(O)COC. The van der Waals surface area contributed by atoms with Crippen LogP contribution in [0.2, 0.25) is 0 Å². The van der Waals surface area contributed by atoms with Gasteiger partial charge in [-0.2, -0.15) is 0 Å². The molecule has 108 valence electrons. The second-order valence-electron chi connectivity index (χ2n) is 4.20. The first kappa shape index (κ1) is 15.9. The first-order chi connectivity index (χ1) is 9.27. The smallest absolute Gasteiger partial charge is 0.123 e. The van der Waals surface area contributed by atoms with Gasteiger partial charge < -0.3 is 24.6 Å². The van der Waals surface area contributed by atoms with Crippen molar-refractivity contribution in [3.05, 3.63) is 29.8 Å². The number of ether oxygens (including phenoxy) is 3. The van der Waals surface area contributed by atoms with Gasteiger partial charge in [-0.1, -0.05) is 18.2 Å². The van der Waals surface area contributed by atoms with Crippen LogP contribution in [0, 0.1) is 0 Å². The predicted molar refractivity (Wildman–Crippen MR) is 73.4 cm³/mol. The van der Waals surface area contributed by atoms with Gasteiger partial charge in [-0.05, 0) is 6.07 Å². The molecule has 1 rings (SSSR count). The van der Waals surface area contributed by atoms with Crippen LogP contribution in [0.5, 0.6) is 5.75 Å². The molecule has 5 nitrogen and oxygen atoms in total. The van der Waals surface area contributed by atoms with E-state index in [1.807, 2.05) is 24.3 Å². The lowest BCUT2D eigenvalue weighted by molar-refractivity contribution is 0.0323. The van der Waals surface area contributed by atoms with Crippen molar-refractivity contribution in [1.82, 2.24) is 5.32 Å². The van der Waals surface area contributed by atoms with Crippen molar-refractivity contribution in [2.45, 2.75) is 12.6 Å². The third-order valence-corrected chi connectivity index (χ3v) is 2.56. The van der Waals surface area contributed by atoms with Crippen LogP contribution in [0.15, 0.2) is 24.3 Å². The Labute approximate surface area is 114 Å². The van der Waals surface area contributed by atoms with E-state index in [2.05, 4.69) is 5.32 Å². The highest BCUT2D eigenvalue weighted by Gasteiger charge is 2.07. The fraction of sp³-hybridized carbons (Fsp3) is 0.571. The van der Waals surface area contributed by atoms with Crippen LogP contribution in [-0.4, -0.2) is 51.8 Å². The Morgan fingerprint density at radius 2 is 1.95 bits per heavy atom. The molecule has 0 aliphatic carbocycles. The summed E-state index contributed by atoms with van der Waals surface area (Å²) in [6.07, 6.45) is -0.612. The summed E-state index contributed by atoms with van der Waals surface area (Å²) in [5, 5.41) is 12.8. The minimum absolute atomic E-state index is 0.225. The van der Waals surface area contributed by atoms with Crippen molar-refractivity contribution < 1.29 is 19.3 Å². The highest BCUT2D eigenvalue weighted by molar-refractivity contribution is 5.33. The van der Waals surface area contributed by atoms with Crippen LogP contribution in [0.3, 0.4) is 0 Å². The summed E-state index contributed by atoms with van der Waals surface area (Å²) in [6.45, 7) is 2.67. The molecule has 0 fully saturated rings. The molecule has 5 heteroatoms. The average Bonchev–Trinajstić information content (AvgIpc) is 2.43. The molecule has 1 unspecified atom stereocenters. The molecule has 0 spiro atoms. The summed E-state index contributed by atoms with van der Waals surface area (Å²) in [6, 6.07) is 7.77. The van der Waals surface area contributed by atoms with E-state index >= 15 is 0 Å². The molecule has 0 amide bonds. The van der Waals surface area contributed by atoms with Gasteiger partial charge in [-0.15, -0.1) is 0 Å². The molecule has 0 saturated heterocycles. The quantitative estimate of drug-likeness (QED) is 0.616. The predicted octanol–water partition coefficient (Wildman–Crippen LogP) is 0.809. The summed E-state index contributed by atoms with van der Waals surface area (Å²) in [5.74, 6) is 0.780. The largest absolute Gasteiger partial charge is 0.490 e. The summed E-state index contributed by atoms with van der Waals surface area (Å²) < 4.78 is 15.4. The fourth-order valence-electron chi connectivity index (χ4n) is 1.61. The minimum atomic E-state index is -0.612. The number of aliphatic hydroxyl groups excluding tert-OH is 1. The van der Waals surface area contributed by atoms with Crippen LogP contribution in [0.4, 0.5) is 0 Å². The second kappa shape index (κ2) is 9.75. The number of benzene rings is 1. The lowest BCUT2D eigenvalue weighted by Crippen LogP contribution is -2.23. The highest BCUT2D eigenvalue weighted by Crippen LogP contribution is 2.17. The zero-order valence-electron chi connectivity index (χ0n) is 11.6. The zero-order valence-corrected chi connectivity index (χ0v) is 11.6. The molecule has 0 saturated carbocycles. The number of hydrogen-bond donors (Lipinski definition) is 2. The van der Waals surface area contributed by atoms with Gasteiger partial charge >= 0.3 is 0 Å². The molecule has 0 radical (unpaired) electrons. The van der Waals surface area contributed by atoms with E-state index in [1.165, 1.54) is 0 Å². The Morgan fingerprint density at radius 3 is 2.68 bits per heavy atom. The number of para-hydroxylation sites is 1. The maximum Gasteiger partial charge on any atom is 0.123 e. The van der Waals surface area contributed by atoms with E-state index in [1.54, 1.807) is 14.2 Å². The van der Waals surface area contributed by atoms with Gasteiger partial charge in [-0.3, -0.25) is 0 Å². The van der Waals surface area contributed by atoms with Crippen molar-refractivity contribution in [3.63, 3.8) is 0 Å². The third-order valence-electron chi connectivity index (χ3n) is 2.56. The molecule has 1 aromatic rings. The first-order valence-electron chi connectivity index (χ1n) is 6.35. The molecule has 0 aliphatic heterocycles. The van der Waals surface area contributed by atoms with E-state index in [-0.39, 0.29) is 13.2 Å². The van der Waals surface area contributed by atoms with Gasteiger partial charge in [0.05, 0.1) is 13.2 Å². The molecule has 0 bridgehead atoms. The van der Waals surface area contributed by atoms with E-state index in [0.717, 1.165) is 17.9 Å². The molecule has 0 aliphatic rings. The minimum Gasteiger partial charge on any atom is -0.490 e. The molecular weight excluding hydrogens is 246 g/mol. The van der Waals surface area contributed by atoms with Crippen molar-refractivity contribution in [2.75, 3.05) is 40.6 Å². The van der Waals surface area contributed by atoms with E-state index in [4.69, 9.17) is 14.2 Å². The van der Waals surface area contributed by atoms with Crippen molar-refractivity contribution in [1.29, 1.82) is 0 Å². The van der Waals surface area contributed by atoms with Gasteiger partial charge in [0.2, 0.25) is 0 Å². The van der Waals surface area contributed by atoms with Gasteiger partial charge in [-0.25, -0.2) is 0 Å². The maximum absolute atomic E-state index is 9.57. The maximum atomic E-state index is 9.57. The second-order valence-corrected chi connectivity index (χ2v) is 4.20. The lowest BCUT2D eigenvalue weighted by atomic mass is 10.2. The first-order valence-corrected chi connectivity index (χ1v) is 6.35. The molecule has 0 heterocycles. The highest BCUT2D eigenvalue weighted by atomic mass is 16.5. The number of aliphatic hydroxyl groups is 1. The van der Waals surface area contributed by atoms with Gasteiger partial charge in [0.1, 0.15) is 18.5 Å². The Bertz CT molecular complexity index is 346. The molecule has 19 heavy (non-hydrogen) atoms. The van der Waals surface area contributed by atoms with Crippen molar-refractivity contribution in [3.8, 4) is 5.75 Å². The molecule has 0 aromatic heterocycles. The topological polar surface area (TPSA) is 60.0 Å². The monoisotopic (exact) mass is 269 g/mol. The third kappa shape index (κ3) is 6.54. The van der Waals surface area contributed by atoms with Crippen LogP contribution in [0.1, 0.15) is 5.56 Å². The van der Waals surface area contributed by atoms with E-state index in [0.29, 0.717) is 13.2 Å². The molecule has 1 aromatic carbocycles. The van der Waals surface area contributed by atoms with Crippen LogP contribution in [-0.2, 0) is 16.0 Å². The fourth-order valence-corrected chi connectivity index (χ4v) is 1.61. The van der Waals surface area contributed by atoms with Crippen molar-refractivity contribution in [2.24, 2.45) is 0 Å². The Hall–Kier alpha value is -1.14. The average molecular weight is 269 g/mol. The summed E-state index contributed by atoms with van der Waals surface area (Å²) in [7, 11) is 3.23. The summed E-state index contributed by atoms with van der Waals surface area (Å²) in [5.41, 5.74) is 1.06. The van der Waals surface area contributed by atoms with E-state index in [9.17, 15) is 5.11 Å². The normalized spacial score (nSPS) is 12.4. The van der Waals surface area contributed by atoms with Crippen molar-refractivity contribution >= 4 is 0 Å². The number of hydrogen-bond acceptors (Lipinski definition) is 5. The van der Waals surface area contributed by atoms with Crippen LogP contribution >= 0.6 is 0 Å². The lowest BCUT2D eigenvalue weighted by Gasteiger charge is -2.14. The zero-order chi connectivity index (χ0) is 13.9. The van der Waals surface area contributed by atoms with Gasteiger partial charge in [0.25, 0.3) is 0 Å². The number of methoxy groups -OCH3 is 2. The Morgan fingerprint density at radius 1 is 1.16 bits per heavy atom. The number of rotatable bonds is 10. The van der Waals surface area contributed by atoms with Gasteiger partial charge in [0.15, 0.2) is 0 Å². The molecule has 2 N–H and O–H groups in total. The Kier molecular flexibility index (Phi) is 8.16. The molecule has 1 atom stereocenters. The van der Waals surface area contributed by atoms with Crippen LogP contribution < -0.4 is 10.1 Å². The Balaban J connectivity index is 2.43. The molecular formula is C14H23NO4. The number of nitrogens with one attached hydrogen (secondary N) is 1. The van der Waals surface area contributed by atoms with E-state index < -0.39 is 6.10 Å². The van der Waals surface area contributed by atoms with Crippen LogP contribution in [0.25, 0.3) is 0 Å². The standard InChI is InChI=1S/C14H23NO4/c1-17-8-7-15-9-12-5-3-4-6-14(12)19-11-13(16)10-18-2/h3-6,13,15-16H,7-11H2,1-2H3.